The van der Waals surface area contributed by atoms with Crippen LogP contribution in [0.2, 0.25) is 0 Å². The molecule has 10 heavy (non-hydrogen) atoms. The van der Waals surface area contributed by atoms with E-state index in [0.717, 1.165) is 23.0 Å². The van der Waals surface area contributed by atoms with Crippen molar-refractivity contribution in [2.24, 2.45) is 0 Å². The van der Waals surface area contributed by atoms with Gasteiger partial charge in [0.1, 0.15) is 20.5 Å². The van der Waals surface area contributed by atoms with E-state index in [-0.39, 0.29) is 0 Å². The zero-order valence-electron chi connectivity index (χ0n) is 5.28. The molecule has 1 aliphatic rings. The van der Waals surface area contributed by atoms with Crippen LogP contribution in [0.25, 0.3) is 0 Å². The zero-order chi connectivity index (χ0) is 7.45. The first kappa shape index (κ1) is 8.83. The Labute approximate surface area is 70.7 Å². The fraction of sp³-hybridized carbons (Fsp3) is 1.00. The van der Waals surface area contributed by atoms with Gasteiger partial charge < -0.3 is 0 Å². The summed E-state index contributed by atoms with van der Waals surface area (Å²) >= 11 is 1.84. The van der Waals surface area contributed by atoms with Crippen molar-refractivity contribution in [2.75, 3.05) is 23.0 Å². The predicted octanol–water partition coefficient (Wildman–Crippen LogP) is 0.143. The molecule has 0 N–H and O–H groups in total. The topological polar surface area (TPSA) is 34.1 Å². The molecule has 60 valence electrons. The molecule has 1 fully saturated rings. The normalized spacial score (nSPS) is 23.6. The maximum absolute atomic E-state index is 10.6. The van der Waals surface area contributed by atoms with Crippen LogP contribution in [0, 0.1) is 0 Å². The van der Waals surface area contributed by atoms with Crippen LogP contribution in [0.1, 0.15) is 0 Å². The molecule has 0 aromatic rings. The highest BCUT2D eigenvalue weighted by Crippen LogP contribution is 2.12. The molecule has 0 amide bonds. The van der Waals surface area contributed by atoms with E-state index in [0.29, 0.717) is 20.5 Å². The van der Waals surface area contributed by atoms with Gasteiger partial charge in [-0.15, -0.1) is 0 Å². The van der Waals surface area contributed by atoms with Crippen molar-refractivity contribution in [1.82, 2.24) is 0 Å². The molecule has 1 heterocycles. The van der Waals surface area contributed by atoms with Crippen LogP contribution < -0.4 is 0 Å². The molecule has 0 aromatic heterocycles. The summed E-state index contributed by atoms with van der Waals surface area (Å²) in [7, 11) is -0.245. The van der Waals surface area contributed by atoms with E-state index in [9.17, 15) is 8.42 Å². The molecule has 1 saturated heterocycles. The highest BCUT2D eigenvalue weighted by Gasteiger charge is 2.11. The minimum atomic E-state index is -1.37. The first-order valence-electron chi connectivity index (χ1n) is 2.82. The molecule has 0 saturated carbocycles. The zero-order valence-corrected chi connectivity index (χ0v) is 8.54. The Morgan fingerprint density at radius 3 is 1.90 bits per heavy atom. The number of thioether (sulfide) groups is 1. The molecule has 0 aromatic carbocycles. The van der Waals surface area contributed by atoms with Crippen LogP contribution >= 0.6 is 11.8 Å². The van der Waals surface area contributed by atoms with Gasteiger partial charge in [0.2, 0.25) is 0 Å². The van der Waals surface area contributed by atoms with E-state index in [4.69, 9.17) is 0 Å². The lowest BCUT2D eigenvalue weighted by Gasteiger charge is -2.13. The molecule has 6 heteroatoms. The molecule has 1 aliphatic heterocycles. The smallest absolute Gasteiger partial charge is 0.127 e. The lowest BCUT2D eigenvalue weighted by atomic mass is 10.9. The third kappa shape index (κ3) is 1.87. The van der Waals surface area contributed by atoms with Crippen LogP contribution in [0.4, 0.5) is 0 Å². The molecular weight excluding hydrogens is 208 g/mol. The van der Waals surface area contributed by atoms with Crippen molar-refractivity contribution in [1.29, 1.82) is 0 Å². The van der Waals surface area contributed by atoms with Gasteiger partial charge in [-0.05, 0) is 7.15 Å². The van der Waals surface area contributed by atoms with Gasteiger partial charge in [-0.1, -0.05) is 0 Å². The van der Waals surface area contributed by atoms with Crippen molar-refractivity contribution in [3.05, 3.63) is 0 Å². The number of hydrogen-bond donors (Lipinski definition) is 0. The molecule has 0 aliphatic carbocycles. The first-order valence-corrected chi connectivity index (χ1v) is 8.46. The Hall–Kier alpha value is 0.740. The van der Waals surface area contributed by atoms with Crippen LogP contribution in [0.15, 0.2) is 0 Å². The Bertz CT molecular complexity index is 246. The van der Waals surface area contributed by atoms with Crippen molar-refractivity contribution in [3.63, 3.8) is 0 Å². The average molecular weight is 216 g/mol. The maximum atomic E-state index is 10.6. The second-order valence-electron chi connectivity index (χ2n) is 1.90. The third-order valence-electron chi connectivity index (χ3n) is 1.33. The highest BCUT2D eigenvalue weighted by molar-refractivity contribution is 8.59. The van der Waals surface area contributed by atoms with E-state index < -0.39 is 7.15 Å². The Morgan fingerprint density at radius 1 is 1.10 bits per heavy atom. The van der Waals surface area contributed by atoms with Crippen molar-refractivity contribution < 1.29 is 8.42 Å². The van der Waals surface area contributed by atoms with Gasteiger partial charge in [0.25, 0.3) is 0 Å². The van der Waals surface area contributed by atoms with Crippen molar-refractivity contribution >= 4 is 39.4 Å². The fourth-order valence-corrected chi connectivity index (χ4v) is 7.94. The molecule has 0 bridgehead atoms. The van der Waals surface area contributed by atoms with Crippen LogP contribution in [0.3, 0.4) is 0 Å². The van der Waals surface area contributed by atoms with Crippen LogP contribution in [-0.2, 0) is 27.6 Å². The Morgan fingerprint density at radius 2 is 1.60 bits per heavy atom. The van der Waals surface area contributed by atoms with Gasteiger partial charge in [-0.25, -0.2) is 8.42 Å². The van der Waals surface area contributed by atoms with E-state index in [2.05, 4.69) is 0 Å². The lowest BCUT2D eigenvalue weighted by molar-refractivity contribution is 0.701. The van der Waals surface area contributed by atoms with Crippen molar-refractivity contribution in [3.8, 4) is 0 Å². The Balaban J connectivity index is 3.07. The largest absolute Gasteiger partial charge is 0.205 e. The summed E-state index contributed by atoms with van der Waals surface area (Å²) in [5.74, 6) is 3.69. The van der Waals surface area contributed by atoms with Gasteiger partial charge >= 0.3 is 0 Å². The van der Waals surface area contributed by atoms with Crippen molar-refractivity contribution in [2.45, 2.75) is 0 Å². The van der Waals surface area contributed by atoms with Crippen LogP contribution in [-0.4, -0.2) is 31.4 Å². The number of rotatable bonds is 0. The summed E-state index contributed by atoms with van der Waals surface area (Å²) in [6, 6.07) is 0. The molecule has 0 radical (unpaired) electrons. The summed E-state index contributed by atoms with van der Waals surface area (Å²) in [5.41, 5.74) is 0. The Kier molecular flexibility index (Phi) is 3.48. The second-order valence-corrected chi connectivity index (χ2v) is 11.0. The van der Waals surface area contributed by atoms with Gasteiger partial charge in [-0.2, -0.15) is 11.8 Å². The number of hydrogen-bond acceptors (Lipinski definition) is 3. The average Bonchev–Trinajstić information content (AvgIpc) is 2.06. The third-order valence-corrected chi connectivity index (χ3v) is 9.46. The highest BCUT2D eigenvalue weighted by atomic mass is 33.1. The summed E-state index contributed by atoms with van der Waals surface area (Å²) in [5, 5.41) is 0. The van der Waals surface area contributed by atoms with Gasteiger partial charge in [0.15, 0.2) is 0 Å². The van der Waals surface area contributed by atoms with Gasteiger partial charge in [0.05, 0.1) is 0 Å². The molecule has 0 atom stereocenters. The minimum absolute atomic E-state index is 0.564. The maximum Gasteiger partial charge on any atom is 0.127 e. The summed E-state index contributed by atoms with van der Waals surface area (Å²) in [6.45, 7) is 0. The van der Waals surface area contributed by atoms with E-state index in [1.165, 1.54) is 0 Å². The molecule has 0 unspecified atom stereocenters. The molecular formula is C4H8O2S4. The predicted molar refractivity (Wildman–Crippen MR) is 50.7 cm³/mol. The second kappa shape index (κ2) is 3.94. The summed E-state index contributed by atoms with van der Waals surface area (Å²) in [4.78, 5) is 0. The summed E-state index contributed by atoms with van der Waals surface area (Å²) in [6.07, 6.45) is 0. The minimum Gasteiger partial charge on any atom is -0.205 e. The van der Waals surface area contributed by atoms with Crippen LogP contribution in [0.5, 0.6) is 0 Å². The van der Waals surface area contributed by atoms with E-state index in [1.807, 2.05) is 11.8 Å². The molecule has 1 rings (SSSR count). The van der Waals surface area contributed by atoms with E-state index >= 15 is 0 Å². The van der Waals surface area contributed by atoms with Gasteiger partial charge in [-0.3, -0.25) is 0 Å². The van der Waals surface area contributed by atoms with E-state index in [1.54, 1.807) is 0 Å². The molecule has 2 nitrogen and oxygen atoms in total. The first-order chi connectivity index (χ1) is 4.83. The summed E-state index contributed by atoms with van der Waals surface area (Å²) < 4.78 is 21.1. The standard InChI is InChI=1S/C4H8O2S4/c5-8-10(9-6)3-1-7-2-4-10/h1-4H2. The lowest BCUT2D eigenvalue weighted by Crippen LogP contribution is -2.19. The van der Waals surface area contributed by atoms with Gasteiger partial charge in [0, 0.05) is 23.0 Å². The molecule has 0 spiro atoms. The fourth-order valence-electron chi connectivity index (χ4n) is 0.723. The SMILES string of the molecule is O=S=S1(=S=O)CCSCC1. The monoisotopic (exact) mass is 216 g/mol. The quantitative estimate of drug-likeness (QED) is 0.578.